The lowest BCUT2D eigenvalue weighted by Crippen LogP contribution is -2.34. The Morgan fingerprint density at radius 2 is 2.04 bits per heavy atom. The average molecular weight is 340 g/mol. The van der Waals surface area contributed by atoms with Crippen LogP contribution >= 0.6 is 0 Å². The Morgan fingerprint density at radius 1 is 1.28 bits per heavy atom. The summed E-state index contributed by atoms with van der Waals surface area (Å²) in [5.74, 6) is 1.16. The van der Waals surface area contributed by atoms with Crippen LogP contribution in [0.3, 0.4) is 0 Å². The van der Waals surface area contributed by atoms with Gasteiger partial charge in [0.15, 0.2) is 5.82 Å². The van der Waals surface area contributed by atoms with Gasteiger partial charge in [-0.25, -0.2) is 0 Å². The Bertz CT molecular complexity index is 808. The number of nitrogens with two attached hydrogens (primary N) is 1. The lowest BCUT2D eigenvalue weighted by molar-refractivity contribution is -0.117. The zero-order valence-corrected chi connectivity index (χ0v) is 14.8. The fourth-order valence-corrected chi connectivity index (χ4v) is 3.97. The van der Waals surface area contributed by atoms with Gasteiger partial charge in [-0.3, -0.25) is 4.79 Å². The lowest BCUT2D eigenvalue weighted by atomic mass is 9.98. The van der Waals surface area contributed by atoms with Gasteiger partial charge in [-0.05, 0) is 43.9 Å². The van der Waals surface area contributed by atoms with Crippen LogP contribution < -0.4 is 10.6 Å². The smallest absolute Gasteiger partial charge is 0.232 e. The number of hydrogen-bond donors (Lipinski definition) is 1. The summed E-state index contributed by atoms with van der Waals surface area (Å²) in [7, 11) is 0. The number of benzene rings is 1. The highest BCUT2D eigenvalue weighted by molar-refractivity contribution is 5.97. The van der Waals surface area contributed by atoms with Crippen molar-refractivity contribution in [2.24, 2.45) is 5.73 Å². The first-order chi connectivity index (χ1) is 12.0. The van der Waals surface area contributed by atoms with Gasteiger partial charge in [-0.1, -0.05) is 30.1 Å². The molecule has 6 nitrogen and oxygen atoms in total. The maximum absolute atomic E-state index is 12.6. The van der Waals surface area contributed by atoms with Crippen molar-refractivity contribution >= 4 is 11.6 Å². The molecule has 0 spiro atoms. The quantitative estimate of drug-likeness (QED) is 0.928. The fraction of sp³-hybridized carbons (Fsp3) is 0.526. The van der Waals surface area contributed by atoms with E-state index in [2.05, 4.69) is 23.1 Å². The van der Waals surface area contributed by atoms with Crippen molar-refractivity contribution in [1.29, 1.82) is 0 Å². The molecule has 1 unspecified atom stereocenters. The predicted octanol–water partition coefficient (Wildman–Crippen LogP) is 2.93. The molecule has 1 saturated heterocycles. The molecular weight excluding hydrogens is 316 g/mol. The van der Waals surface area contributed by atoms with E-state index in [9.17, 15) is 4.79 Å². The van der Waals surface area contributed by atoms with Crippen LogP contribution in [0.15, 0.2) is 22.7 Å². The van der Waals surface area contributed by atoms with E-state index < -0.39 is 5.54 Å². The maximum Gasteiger partial charge on any atom is 0.232 e. The molecule has 2 aliphatic rings. The summed E-state index contributed by atoms with van der Waals surface area (Å²) in [6.45, 7) is 4.68. The molecule has 25 heavy (non-hydrogen) atoms. The molecule has 1 aliphatic carbocycles. The van der Waals surface area contributed by atoms with Crippen molar-refractivity contribution in [3.8, 4) is 0 Å². The number of rotatable bonds is 3. The van der Waals surface area contributed by atoms with Crippen molar-refractivity contribution in [1.82, 2.24) is 10.1 Å². The van der Waals surface area contributed by atoms with Gasteiger partial charge in [0.1, 0.15) is 0 Å². The van der Waals surface area contributed by atoms with E-state index in [1.54, 1.807) is 0 Å². The zero-order valence-electron chi connectivity index (χ0n) is 14.8. The van der Waals surface area contributed by atoms with Crippen LogP contribution in [0.5, 0.6) is 0 Å². The second-order valence-electron chi connectivity index (χ2n) is 7.44. The Balaban J connectivity index is 1.57. The monoisotopic (exact) mass is 340 g/mol. The van der Waals surface area contributed by atoms with Crippen LogP contribution in [-0.4, -0.2) is 22.6 Å². The predicted molar refractivity (Wildman–Crippen MR) is 94.3 cm³/mol. The van der Waals surface area contributed by atoms with Crippen LogP contribution in [0, 0.1) is 13.8 Å². The molecule has 0 bridgehead atoms. The molecule has 4 rings (SSSR count). The van der Waals surface area contributed by atoms with Gasteiger partial charge >= 0.3 is 0 Å². The first-order valence-corrected chi connectivity index (χ1v) is 8.97. The maximum atomic E-state index is 12.6. The number of anilines is 1. The molecule has 132 valence electrons. The van der Waals surface area contributed by atoms with Crippen molar-refractivity contribution in [2.75, 3.05) is 11.4 Å². The molecule has 1 aliphatic heterocycles. The number of carbonyl (C=O) groups is 1. The van der Waals surface area contributed by atoms with Crippen LogP contribution in [0.25, 0.3) is 0 Å². The molecule has 2 aromatic rings. The Morgan fingerprint density at radius 3 is 2.80 bits per heavy atom. The number of nitrogens with zero attached hydrogens (tertiary/aromatic N) is 3. The number of aromatic nitrogens is 2. The summed E-state index contributed by atoms with van der Waals surface area (Å²) in [4.78, 5) is 19.0. The molecular formula is C19H24N4O2. The summed E-state index contributed by atoms with van der Waals surface area (Å²) < 4.78 is 5.49. The minimum Gasteiger partial charge on any atom is -0.339 e. The first kappa shape index (κ1) is 16.3. The van der Waals surface area contributed by atoms with Gasteiger partial charge in [-0.15, -0.1) is 0 Å². The summed E-state index contributed by atoms with van der Waals surface area (Å²) >= 11 is 0. The Hall–Kier alpha value is -2.21. The van der Waals surface area contributed by atoms with E-state index in [1.165, 1.54) is 5.56 Å². The van der Waals surface area contributed by atoms with E-state index >= 15 is 0 Å². The van der Waals surface area contributed by atoms with E-state index in [-0.39, 0.29) is 11.8 Å². The molecule has 2 heterocycles. The molecule has 1 atom stereocenters. The minimum absolute atomic E-state index is 0.0707. The summed E-state index contributed by atoms with van der Waals surface area (Å²) in [5.41, 5.74) is 9.24. The Labute approximate surface area is 147 Å². The van der Waals surface area contributed by atoms with E-state index in [4.69, 9.17) is 10.3 Å². The molecule has 6 heteroatoms. The van der Waals surface area contributed by atoms with Crippen molar-refractivity contribution < 1.29 is 9.32 Å². The van der Waals surface area contributed by atoms with Crippen molar-refractivity contribution in [3.63, 3.8) is 0 Å². The van der Waals surface area contributed by atoms with Crippen molar-refractivity contribution in [3.05, 3.63) is 41.0 Å². The Kier molecular flexibility index (Phi) is 3.87. The number of carbonyl (C=O) groups excluding carboxylic acids is 1. The number of amides is 1. The molecule has 1 aromatic heterocycles. The highest BCUT2D eigenvalue weighted by Gasteiger charge is 2.39. The van der Waals surface area contributed by atoms with Gasteiger partial charge < -0.3 is 15.2 Å². The largest absolute Gasteiger partial charge is 0.339 e. The normalized spacial score (nSPS) is 22.8. The van der Waals surface area contributed by atoms with Gasteiger partial charge in [0.25, 0.3) is 0 Å². The number of aryl methyl sites for hydroxylation is 1. The highest BCUT2D eigenvalue weighted by atomic mass is 16.5. The third kappa shape index (κ3) is 2.74. The van der Waals surface area contributed by atoms with Gasteiger partial charge in [0, 0.05) is 18.7 Å². The molecule has 1 saturated carbocycles. The zero-order chi connectivity index (χ0) is 17.6. The molecule has 2 N–H and O–H groups in total. The molecule has 0 radical (unpaired) electrons. The van der Waals surface area contributed by atoms with E-state index in [0.717, 1.165) is 36.9 Å². The third-order valence-corrected chi connectivity index (χ3v) is 5.72. The SMILES string of the molecule is Cc1cccc(N2CC(c3nc(C4(N)CCCC4)no3)CC2=O)c1C. The third-order valence-electron chi connectivity index (χ3n) is 5.72. The van der Waals surface area contributed by atoms with E-state index in [1.807, 2.05) is 24.0 Å². The standard InChI is InChI=1S/C19H24N4O2/c1-12-6-5-7-15(13(12)2)23-11-14(10-16(23)24)17-21-18(22-25-17)19(20)8-3-4-9-19/h5-7,14H,3-4,8-11,20H2,1-2H3. The van der Waals surface area contributed by atoms with Crippen molar-refractivity contribution in [2.45, 2.75) is 57.4 Å². The highest BCUT2D eigenvalue weighted by Crippen LogP contribution is 2.37. The molecule has 1 amide bonds. The van der Waals surface area contributed by atoms with Gasteiger partial charge in [0.2, 0.25) is 11.8 Å². The second kappa shape index (κ2) is 5.95. The minimum atomic E-state index is -0.461. The second-order valence-corrected chi connectivity index (χ2v) is 7.44. The average Bonchev–Trinajstić information content (AvgIpc) is 3.30. The summed E-state index contributed by atoms with van der Waals surface area (Å²) in [6.07, 6.45) is 4.38. The van der Waals surface area contributed by atoms with Crippen LogP contribution in [-0.2, 0) is 10.3 Å². The van der Waals surface area contributed by atoms with Crippen LogP contribution in [0.1, 0.15) is 60.9 Å². The topological polar surface area (TPSA) is 85.2 Å². The summed E-state index contributed by atoms with van der Waals surface area (Å²) in [5, 5.41) is 4.13. The fourth-order valence-electron chi connectivity index (χ4n) is 3.97. The molecule has 1 aromatic carbocycles. The number of hydrogen-bond acceptors (Lipinski definition) is 5. The lowest BCUT2D eigenvalue weighted by Gasteiger charge is -2.20. The van der Waals surface area contributed by atoms with Crippen LogP contribution in [0.2, 0.25) is 0 Å². The van der Waals surface area contributed by atoms with E-state index in [0.29, 0.717) is 24.7 Å². The first-order valence-electron chi connectivity index (χ1n) is 8.97. The van der Waals surface area contributed by atoms with Gasteiger partial charge in [0.05, 0.1) is 11.5 Å². The molecule has 2 fully saturated rings. The van der Waals surface area contributed by atoms with Crippen LogP contribution in [0.4, 0.5) is 5.69 Å². The van der Waals surface area contributed by atoms with Gasteiger partial charge in [-0.2, -0.15) is 4.98 Å². The summed E-state index contributed by atoms with van der Waals surface area (Å²) in [6, 6.07) is 6.04.